The van der Waals surface area contributed by atoms with Crippen molar-refractivity contribution in [2.45, 2.75) is 20.3 Å². The number of hydrogen-bond acceptors (Lipinski definition) is 3. The molecular weight excluding hydrogens is 308 g/mol. The van der Waals surface area contributed by atoms with Crippen LogP contribution >= 0.6 is 0 Å². The SMILES string of the molecule is CC(C)(CCNC(=O)c1ccc(-c2ccccc2)[nH]c1=O)C(=O)O. The van der Waals surface area contributed by atoms with Gasteiger partial charge in [0.1, 0.15) is 5.56 Å². The molecular formula is C18H20N2O4. The molecule has 3 N–H and O–H groups in total. The van der Waals surface area contributed by atoms with Crippen molar-refractivity contribution in [2.24, 2.45) is 5.41 Å². The third kappa shape index (κ3) is 4.10. The van der Waals surface area contributed by atoms with Crippen LogP contribution in [0.15, 0.2) is 47.3 Å². The van der Waals surface area contributed by atoms with Crippen LogP contribution in [0.25, 0.3) is 11.3 Å². The van der Waals surface area contributed by atoms with Crippen molar-refractivity contribution in [1.82, 2.24) is 10.3 Å². The van der Waals surface area contributed by atoms with Crippen molar-refractivity contribution in [3.63, 3.8) is 0 Å². The molecule has 0 aliphatic rings. The van der Waals surface area contributed by atoms with E-state index >= 15 is 0 Å². The predicted molar refractivity (Wildman–Crippen MR) is 90.9 cm³/mol. The maximum absolute atomic E-state index is 12.1. The monoisotopic (exact) mass is 328 g/mol. The van der Waals surface area contributed by atoms with Gasteiger partial charge in [-0.3, -0.25) is 14.4 Å². The summed E-state index contributed by atoms with van der Waals surface area (Å²) in [6.45, 7) is 3.35. The van der Waals surface area contributed by atoms with E-state index in [2.05, 4.69) is 10.3 Å². The molecule has 1 aromatic heterocycles. The first-order chi connectivity index (χ1) is 11.3. The van der Waals surface area contributed by atoms with E-state index in [1.165, 1.54) is 6.07 Å². The second kappa shape index (κ2) is 7.12. The largest absolute Gasteiger partial charge is 0.481 e. The van der Waals surface area contributed by atoms with Gasteiger partial charge in [-0.25, -0.2) is 0 Å². The number of aliphatic carboxylic acids is 1. The smallest absolute Gasteiger partial charge is 0.309 e. The molecule has 0 saturated carbocycles. The van der Waals surface area contributed by atoms with Gasteiger partial charge in [0.25, 0.3) is 11.5 Å². The number of hydrogen-bond donors (Lipinski definition) is 3. The molecule has 6 heteroatoms. The number of H-pyrrole nitrogens is 1. The first-order valence-electron chi connectivity index (χ1n) is 7.61. The molecule has 126 valence electrons. The van der Waals surface area contributed by atoms with E-state index in [9.17, 15) is 14.4 Å². The number of aromatic amines is 1. The molecule has 1 aromatic carbocycles. The Labute approximate surface area is 139 Å². The molecule has 1 heterocycles. The van der Waals surface area contributed by atoms with Gasteiger partial charge in [0.05, 0.1) is 5.41 Å². The van der Waals surface area contributed by atoms with Gasteiger partial charge in [-0.2, -0.15) is 0 Å². The van der Waals surface area contributed by atoms with E-state index < -0.39 is 22.9 Å². The van der Waals surface area contributed by atoms with E-state index in [1.54, 1.807) is 19.9 Å². The van der Waals surface area contributed by atoms with Crippen molar-refractivity contribution in [3.05, 3.63) is 58.4 Å². The summed E-state index contributed by atoms with van der Waals surface area (Å²) in [5.41, 5.74) is 0.0692. The van der Waals surface area contributed by atoms with Crippen LogP contribution in [0.3, 0.4) is 0 Å². The number of amides is 1. The fraction of sp³-hybridized carbons (Fsp3) is 0.278. The number of aromatic nitrogens is 1. The molecule has 0 atom stereocenters. The maximum atomic E-state index is 12.1. The highest BCUT2D eigenvalue weighted by molar-refractivity contribution is 5.94. The van der Waals surface area contributed by atoms with Crippen molar-refractivity contribution in [1.29, 1.82) is 0 Å². The third-order valence-corrected chi connectivity index (χ3v) is 3.85. The number of carbonyl (C=O) groups is 2. The summed E-state index contributed by atoms with van der Waals surface area (Å²) in [5.74, 6) is -1.45. The van der Waals surface area contributed by atoms with Crippen LogP contribution < -0.4 is 10.9 Å². The van der Waals surface area contributed by atoms with Crippen molar-refractivity contribution < 1.29 is 14.7 Å². The lowest BCUT2D eigenvalue weighted by Gasteiger charge is -2.18. The third-order valence-electron chi connectivity index (χ3n) is 3.85. The second-order valence-electron chi connectivity index (χ2n) is 6.18. The van der Waals surface area contributed by atoms with E-state index in [0.717, 1.165) is 5.56 Å². The van der Waals surface area contributed by atoms with Crippen LogP contribution in [0.5, 0.6) is 0 Å². The quantitative estimate of drug-likeness (QED) is 0.757. The van der Waals surface area contributed by atoms with Crippen molar-refractivity contribution in [2.75, 3.05) is 6.54 Å². The molecule has 0 fully saturated rings. The molecule has 6 nitrogen and oxygen atoms in total. The predicted octanol–water partition coefficient (Wildman–Crippen LogP) is 2.27. The first kappa shape index (κ1) is 17.5. The highest BCUT2D eigenvalue weighted by atomic mass is 16.4. The Morgan fingerprint density at radius 2 is 1.79 bits per heavy atom. The van der Waals surface area contributed by atoms with Crippen LogP contribution in [0.4, 0.5) is 0 Å². The highest BCUT2D eigenvalue weighted by Crippen LogP contribution is 2.19. The molecule has 0 aliphatic carbocycles. The Hall–Kier alpha value is -2.89. The Kier molecular flexibility index (Phi) is 5.18. The molecule has 0 spiro atoms. The fourth-order valence-corrected chi connectivity index (χ4v) is 2.13. The molecule has 2 rings (SSSR count). The summed E-state index contributed by atoms with van der Waals surface area (Å²) in [7, 11) is 0. The average molecular weight is 328 g/mol. The minimum absolute atomic E-state index is 0.00260. The van der Waals surface area contributed by atoms with Gasteiger partial charge in [0.2, 0.25) is 0 Å². The van der Waals surface area contributed by atoms with Gasteiger partial charge in [0.15, 0.2) is 0 Å². The Morgan fingerprint density at radius 3 is 2.38 bits per heavy atom. The van der Waals surface area contributed by atoms with Crippen LogP contribution in [-0.4, -0.2) is 28.5 Å². The molecule has 0 radical (unpaired) electrons. The number of carbonyl (C=O) groups excluding carboxylic acids is 1. The maximum Gasteiger partial charge on any atom is 0.309 e. The van der Waals surface area contributed by atoms with Gasteiger partial charge in [-0.05, 0) is 38.0 Å². The first-order valence-corrected chi connectivity index (χ1v) is 7.61. The summed E-state index contributed by atoms with van der Waals surface area (Å²) in [6.07, 6.45) is 0.272. The standard InChI is InChI=1S/C18H20N2O4/c1-18(2,17(23)24)10-11-19-15(21)13-8-9-14(20-16(13)22)12-6-4-3-5-7-12/h3-9H,10-11H2,1-2H3,(H,19,21)(H,20,22)(H,23,24). The van der Waals surface area contributed by atoms with E-state index in [-0.39, 0.29) is 18.5 Å². The fourth-order valence-electron chi connectivity index (χ4n) is 2.13. The number of carboxylic acids is 1. The van der Waals surface area contributed by atoms with Crippen molar-refractivity contribution in [3.8, 4) is 11.3 Å². The Bertz CT molecular complexity index is 794. The molecule has 0 bridgehead atoms. The summed E-state index contributed by atoms with van der Waals surface area (Å²) >= 11 is 0. The molecule has 0 aliphatic heterocycles. The normalized spacial score (nSPS) is 11.1. The number of nitrogens with one attached hydrogen (secondary N) is 2. The lowest BCUT2D eigenvalue weighted by molar-refractivity contribution is -0.147. The van der Waals surface area contributed by atoms with E-state index in [1.807, 2.05) is 30.3 Å². The number of rotatable bonds is 6. The zero-order valence-corrected chi connectivity index (χ0v) is 13.6. The zero-order chi connectivity index (χ0) is 17.7. The van der Waals surface area contributed by atoms with Gasteiger partial charge in [-0.15, -0.1) is 0 Å². The second-order valence-corrected chi connectivity index (χ2v) is 6.18. The van der Waals surface area contributed by atoms with Crippen LogP contribution in [-0.2, 0) is 4.79 Å². The van der Waals surface area contributed by atoms with Gasteiger partial charge >= 0.3 is 5.97 Å². The van der Waals surface area contributed by atoms with Crippen LogP contribution in [0, 0.1) is 5.41 Å². The van der Waals surface area contributed by atoms with Gasteiger partial charge < -0.3 is 15.4 Å². The van der Waals surface area contributed by atoms with Crippen molar-refractivity contribution >= 4 is 11.9 Å². The number of carboxylic acid groups (broad SMARTS) is 1. The molecule has 24 heavy (non-hydrogen) atoms. The van der Waals surface area contributed by atoms with E-state index in [4.69, 9.17) is 5.11 Å². The Balaban J connectivity index is 2.06. The number of benzene rings is 1. The van der Waals surface area contributed by atoms with Crippen LogP contribution in [0.1, 0.15) is 30.6 Å². The minimum atomic E-state index is -0.934. The zero-order valence-electron chi connectivity index (χ0n) is 13.6. The number of pyridine rings is 1. The molecule has 1 amide bonds. The summed E-state index contributed by atoms with van der Waals surface area (Å²) < 4.78 is 0. The lowest BCUT2D eigenvalue weighted by Crippen LogP contribution is -2.34. The highest BCUT2D eigenvalue weighted by Gasteiger charge is 2.26. The molecule has 0 unspecified atom stereocenters. The molecule has 0 saturated heterocycles. The molecule has 2 aromatic rings. The van der Waals surface area contributed by atoms with Gasteiger partial charge in [-0.1, -0.05) is 30.3 Å². The van der Waals surface area contributed by atoms with E-state index in [0.29, 0.717) is 5.69 Å². The Morgan fingerprint density at radius 1 is 1.12 bits per heavy atom. The minimum Gasteiger partial charge on any atom is -0.481 e. The summed E-state index contributed by atoms with van der Waals surface area (Å²) in [5, 5.41) is 11.6. The summed E-state index contributed by atoms with van der Waals surface area (Å²) in [6, 6.07) is 12.5. The van der Waals surface area contributed by atoms with Crippen LogP contribution in [0.2, 0.25) is 0 Å². The topological polar surface area (TPSA) is 99.3 Å². The van der Waals surface area contributed by atoms with Gasteiger partial charge in [0, 0.05) is 12.2 Å². The summed E-state index contributed by atoms with van der Waals surface area (Å²) in [4.78, 5) is 37.9. The lowest BCUT2D eigenvalue weighted by atomic mass is 9.90. The average Bonchev–Trinajstić information content (AvgIpc) is 2.55.